The third kappa shape index (κ3) is 1.98. The summed E-state index contributed by atoms with van der Waals surface area (Å²) in [7, 11) is 0. The van der Waals surface area contributed by atoms with Gasteiger partial charge in [0.25, 0.3) is 0 Å². The van der Waals surface area contributed by atoms with E-state index in [-0.39, 0.29) is 13.2 Å². The van der Waals surface area contributed by atoms with Crippen molar-refractivity contribution in [3.05, 3.63) is 24.5 Å². The Labute approximate surface area is 92.6 Å². The van der Waals surface area contributed by atoms with Gasteiger partial charge < -0.3 is 15.5 Å². The molecule has 0 bridgehead atoms. The molecule has 2 aromatic heterocycles. The number of hydrogen-bond acceptors (Lipinski definition) is 5. The molecule has 2 heterocycles. The molecule has 0 amide bonds. The molecule has 0 aliphatic rings. The van der Waals surface area contributed by atoms with Crippen molar-refractivity contribution < 1.29 is 10.2 Å². The number of aliphatic hydroxyl groups is 2. The predicted molar refractivity (Wildman–Crippen MR) is 59.2 cm³/mol. The molecule has 16 heavy (non-hydrogen) atoms. The molecule has 0 saturated heterocycles. The fourth-order valence-electron chi connectivity index (χ4n) is 1.32. The van der Waals surface area contributed by atoms with Crippen molar-refractivity contribution in [1.29, 1.82) is 0 Å². The van der Waals surface area contributed by atoms with Crippen molar-refractivity contribution in [1.82, 2.24) is 14.6 Å². The zero-order valence-corrected chi connectivity index (χ0v) is 8.96. The van der Waals surface area contributed by atoms with E-state index in [1.807, 2.05) is 0 Å². The Bertz CT molecular complexity index is 478. The van der Waals surface area contributed by atoms with Crippen LogP contribution in [0.25, 0.3) is 5.65 Å². The second-order valence-corrected chi connectivity index (χ2v) is 3.95. The predicted octanol–water partition coefficient (Wildman–Crippen LogP) is -0.116. The van der Waals surface area contributed by atoms with Crippen LogP contribution < -0.4 is 5.32 Å². The topological polar surface area (TPSA) is 82.7 Å². The molecule has 0 atom stereocenters. The van der Waals surface area contributed by atoms with Gasteiger partial charge in [-0.1, -0.05) is 0 Å². The quantitative estimate of drug-likeness (QED) is 0.672. The normalized spacial score (nSPS) is 11.9. The summed E-state index contributed by atoms with van der Waals surface area (Å²) in [6.45, 7) is 1.38. The van der Waals surface area contributed by atoms with Gasteiger partial charge in [0, 0.05) is 12.3 Å². The Kier molecular flexibility index (Phi) is 2.76. The standard InChI is InChI=1S/C10H14N4O2/c1-10(6-15,7-16)13-8-3-5-14-9(12-8)2-4-11-14/h2-5,15-16H,6-7H2,1H3,(H,12,13). The van der Waals surface area contributed by atoms with Crippen LogP contribution in [0.2, 0.25) is 0 Å². The van der Waals surface area contributed by atoms with Crippen molar-refractivity contribution in [2.75, 3.05) is 18.5 Å². The number of hydrogen-bond donors (Lipinski definition) is 3. The minimum atomic E-state index is -0.772. The van der Waals surface area contributed by atoms with Gasteiger partial charge in [0.15, 0.2) is 5.65 Å². The number of anilines is 1. The molecule has 3 N–H and O–H groups in total. The van der Waals surface area contributed by atoms with E-state index in [1.165, 1.54) is 0 Å². The van der Waals surface area contributed by atoms with Gasteiger partial charge in [0.05, 0.1) is 24.9 Å². The number of nitrogens with zero attached hydrogens (tertiary/aromatic N) is 3. The van der Waals surface area contributed by atoms with E-state index in [2.05, 4.69) is 15.4 Å². The molecule has 2 rings (SSSR count). The number of rotatable bonds is 4. The molecule has 0 aliphatic heterocycles. The molecule has 0 radical (unpaired) electrons. The van der Waals surface area contributed by atoms with Gasteiger partial charge >= 0.3 is 0 Å². The van der Waals surface area contributed by atoms with E-state index in [0.717, 1.165) is 0 Å². The van der Waals surface area contributed by atoms with Crippen molar-refractivity contribution >= 4 is 11.5 Å². The molecule has 0 fully saturated rings. The maximum Gasteiger partial charge on any atom is 0.157 e. The van der Waals surface area contributed by atoms with E-state index in [0.29, 0.717) is 11.5 Å². The van der Waals surface area contributed by atoms with Crippen LogP contribution in [-0.2, 0) is 0 Å². The highest BCUT2D eigenvalue weighted by atomic mass is 16.3. The highest BCUT2D eigenvalue weighted by Gasteiger charge is 2.22. The van der Waals surface area contributed by atoms with Gasteiger partial charge in [-0.15, -0.1) is 0 Å². The minimum Gasteiger partial charge on any atom is -0.394 e. The molecule has 0 saturated carbocycles. The first-order chi connectivity index (χ1) is 7.67. The maximum absolute atomic E-state index is 9.15. The fraction of sp³-hybridized carbons (Fsp3) is 0.400. The SMILES string of the molecule is CC(CO)(CO)Nc1ccn2nccc2n1. The first-order valence-electron chi connectivity index (χ1n) is 4.97. The fourth-order valence-corrected chi connectivity index (χ4v) is 1.32. The van der Waals surface area contributed by atoms with Gasteiger partial charge in [0.2, 0.25) is 0 Å². The zero-order valence-electron chi connectivity index (χ0n) is 8.96. The lowest BCUT2D eigenvalue weighted by Gasteiger charge is -2.26. The summed E-state index contributed by atoms with van der Waals surface area (Å²) in [4.78, 5) is 4.28. The molecule has 2 aromatic rings. The highest BCUT2D eigenvalue weighted by Crippen LogP contribution is 2.13. The van der Waals surface area contributed by atoms with E-state index >= 15 is 0 Å². The Hall–Kier alpha value is -1.66. The third-order valence-electron chi connectivity index (χ3n) is 2.39. The largest absolute Gasteiger partial charge is 0.394 e. The summed E-state index contributed by atoms with van der Waals surface area (Å²) in [5.41, 5.74) is -0.0611. The van der Waals surface area contributed by atoms with Gasteiger partial charge in [-0.25, -0.2) is 9.50 Å². The van der Waals surface area contributed by atoms with Gasteiger partial charge in [-0.2, -0.15) is 5.10 Å². The first-order valence-corrected chi connectivity index (χ1v) is 4.97. The molecule has 0 aromatic carbocycles. The molecule has 6 heteroatoms. The Balaban J connectivity index is 2.26. The monoisotopic (exact) mass is 222 g/mol. The molecule has 0 aliphatic carbocycles. The van der Waals surface area contributed by atoms with E-state index in [4.69, 9.17) is 10.2 Å². The molecule has 0 unspecified atom stereocenters. The Morgan fingerprint density at radius 2 is 2.12 bits per heavy atom. The average molecular weight is 222 g/mol. The number of aliphatic hydroxyl groups excluding tert-OH is 2. The number of fused-ring (bicyclic) bond motifs is 1. The van der Waals surface area contributed by atoms with Crippen LogP contribution in [0.5, 0.6) is 0 Å². The highest BCUT2D eigenvalue weighted by molar-refractivity contribution is 5.46. The van der Waals surface area contributed by atoms with Crippen molar-refractivity contribution in [2.45, 2.75) is 12.5 Å². The smallest absolute Gasteiger partial charge is 0.157 e. The average Bonchev–Trinajstić information content (AvgIpc) is 2.76. The Morgan fingerprint density at radius 3 is 2.81 bits per heavy atom. The lowest BCUT2D eigenvalue weighted by Crippen LogP contribution is -2.42. The molecule has 0 spiro atoms. The van der Waals surface area contributed by atoms with Crippen LogP contribution in [0.3, 0.4) is 0 Å². The van der Waals surface area contributed by atoms with Crippen LogP contribution >= 0.6 is 0 Å². The number of nitrogens with one attached hydrogen (secondary N) is 1. The van der Waals surface area contributed by atoms with Crippen molar-refractivity contribution in [3.8, 4) is 0 Å². The van der Waals surface area contributed by atoms with Gasteiger partial charge in [-0.05, 0) is 13.0 Å². The second kappa shape index (κ2) is 4.07. The summed E-state index contributed by atoms with van der Waals surface area (Å²) < 4.78 is 1.64. The summed E-state index contributed by atoms with van der Waals surface area (Å²) in [6.07, 6.45) is 3.42. The van der Waals surface area contributed by atoms with Crippen molar-refractivity contribution in [3.63, 3.8) is 0 Å². The van der Waals surface area contributed by atoms with E-state index in [9.17, 15) is 0 Å². The van der Waals surface area contributed by atoms with Crippen LogP contribution in [0.4, 0.5) is 5.82 Å². The Morgan fingerprint density at radius 1 is 1.38 bits per heavy atom. The second-order valence-electron chi connectivity index (χ2n) is 3.95. The lowest BCUT2D eigenvalue weighted by atomic mass is 10.1. The summed E-state index contributed by atoms with van der Waals surface area (Å²) in [5.74, 6) is 0.596. The van der Waals surface area contributed by atoms with E-state index in [1.54, 1.807) is 36.0 Å². The van der Waals surface area contributed by atoms with Crippen LogP contribution in [-0.4, -0.2) is 43.6 Å². The lowest BCUT2D eigenvalue weighted by molar-refractivity contribution is 0.147. The number of aromatic nitrogens is 3. The summed E-state index contributed by atoms with van der Waals surface area (Å²) >= 11 is 0. The van der Waals surface area contributed by atoms with Gasteiger partial charge in [-0.3, -0.25) is 0 Å². The first kappa shape index (κ1) is 10.8. The van der Waals surface area contributed by atoms with Crippen LogP contribution in [0.15, 0.2) is 24.5 Å². The minimum absolute atomic E-state index is 0.171. The molecule has 6 nitrogen and oxygen atoms in total. The summed E-state index contributed by atoms with van der Waals surface area (Å²) in [6, 6.07) is 3.52. The molecule has 86 valence electrons. The maximum atomic E-state index is 9.15. The zero-order chi connectivity index (χ0) is 11.6. The molecular formula is C10H14N4O2. The molecular weight excluding hydrogens is 208 g/mol. The van der Waals surface area contributed by atoms with E-state index < -0.39 is 5.54 Å². The third-order valence-corrected chi connectivity index (χ3v) is 2.39. The van der Waals surface area contributed by atoms with Gasteiger partial charge in [0.1, 0.15) is 5.82 Å². The van der Waals surface area contributed by atoms with Crippen LogP contribution in [0.1, 0.15) is 6.92 Å². The van der Waals surface area contributed by atoms with Crippen LogP contribution in [0, 0.1) is 0 Å². The van der Waals surface area contributed by atoms with Crippen molar-refractivity contribution in [2.24, 2.45) is 0 Å². The summed E-state index contributed by atoms with van der Waals surface area (Å²) in [5, 5.41) is 25.3.